The van der Waals surface area contributed by atoms with Gasteiger partial charge in [-0.3, -0.25) is 5.10 Å². The van der Waals surface area contributed by atoms with Crippen LogP contribution >= 0.6 is 0 Å². The Balaban J connectivity index is 2.07. The number of ether oxygens (including phenoxy) is 1. The van der Waals surface area contributed by atoms with E-state index in [0.717, 1.165) is 12.3 Å². The molecule has 1 aromatic carbocycles. The lowest BCUT2D eigenvalue weighted by Gasteiger charge is -2.16. The summed E-state index contributed by atoms with van der Waals surface area (Å²) in [5, 5.41) is 10.6. The molecular formula is C13H15N3O. The van der Waals surface area contributed by atoms with E-state index in [0.29, 0.717) is 0 Å². The molecule has 0 radical (unpaired) electrons. The third kappa shape index (κ3) is 1.52. The van der Waals surface area contributed by atoms with Crippen LogP contribution in [0.15, 0.2) is 24.4 Å². The highest BCUT2D eigenvalue weighted by atomic mass is 16.5. The highest BCUT2D eigenvalue weighted by molar-refractivity contribution is 5.46. The first-order chi connectivity index (χ1) is 8.31. The molecule has 4 heteroatoms. The van der Waals surface area contributed by atoms with Crippen LogP contribution in [0.1, 0.15) is 28.4 Å². The van der Waals surface area contributed by atoms with Crippen molar-refractivity contribution in [2.24, 2.45) is 0 Å². The molecule has 0 spiro atoms. The van der Waals surface area contributed by atoms with Crippen molar-refractivity contribution in [1.29, 1.82) is 0 Å². The summed E-state index contributed by atoms with van der Waals surface area (Å²) in [7, 11) is 1.71. The summed E-state index contributed by atoms with van der Waals surface area (Å²) in [5.41, 5.74) is 4.85. The maximum atomic E-state index is 5.36. The predicted molar refractivity (Wildman–Crippen MR) is 65.0 cm³/mol. The lowest BCUT2D eigenvalue weighted by molar-refractivity contribution is 0.410. The molecule has 0 saturated heterocycles. The molecule has 0 amide bonds. The number of methoxy groups -OCH3 is 1. The molecule has 0 bridgehead atoms. The molecule has 1 atom stereocenters. The average Bonchev–Trinajstić information content (AvgIpc) is 2.92. The molecule has 1 unspecified atom stereocenters. The number of nitrogens with one attached hydrogen (secondary N) is 2. The third-order valence-corrected chi connectivity index (χ3v) is 3.40. The molecule has 1 aliphatic heterocycles. The first kappa shape index (κ1) is 10.4. The van der Waals surface area contributed by atoms with E-state index in [1.165, 1.54) is 22.4 Å². The van der Waals surface area contributed by atoms with E-state index in [1.807, 2.05) is 18.3 Å². The number of aromatic amines is 1. The number of benzene rings is 1. The molecular weight excluding hydrogens is 214 g/mol. The van der Waals surface area contributed by atoms with Crippen LogP contribution in [0.3, 0.4) is 0 Å². The predicted octanol–water partition coefficient (Wildman–Crippen LogP) is 1.92. The van der Waals surface area contributed by atoms with Gasteiger partial charge < -0.3 is 10.1 Å². The molecule has 17 heavy (non-hydrogen) atoms. The van der Waals surface area contributed by atoms with Gasteiger partial charge in [0.15, 0.2) is 0 Å². The van der Waals surface area contributed by atoms with Crippen molar-refractivity contribution < 1.29 is 4.74 Å². The first-order valence-corrected chi connectivity index (χ1v) is 5.70. The average molecular weight is 229 g/mol. The monoisotopic (exact) mass is 229 g/mol. The number of hydrogen-bond acceptors (Lipinski definition) is 3. The van der Waals surface area contributed by atoms with Gasteiger partial charge in [-0.2, -0.15) is 5.10 Å². The molecule has 4 nitrogen and oxygen atoms in total. The summed E-state index contributed by atoms with van der Waals surface area (Å²) in [4.78, 5) is 0. The topological polar surface area (TPSA) is 49.9 Å². The van der Waals surface area contributed by atoms with Crippen molar-refractivity contribution in [1.82, 2.24) is 15.5 Å². The van der Waals surface area contributed by atoms with E-state index >= 15 is 0 Å². The lowest BCUT2D eigenvalue weighted by atomic mass is 9.97. The van der Waals surface area contributed by atoms with Gasteiger partial charge in [-0.1, -0.05) is 12.1 Å². The first-order valence-electron chi connectivity index (χ1n) is 5.70. The van der Waals surface area contributed by atoms with E-state index in [9.17, 15) is 0 Å². The molecule has 0 aliphatic carbocycles. The molecule has 1 aliphatic rings. The van der Waals surface area contributed by atoms with E-state index in [-0.39, 0.29) is 6.04 Å². The zero-order valence-corrected chi connectivity index (χ0v) is 9.95. The Bertz CT molecular complexity index is 547. The van der Waals surface area contributed by atoms with Crippen molar-refractivity contribution >= 4 is 0 Å². The fourth-order valence-corrected chi connectivity index (χ4v) is 2.47. The normalized spacial score (nSPS) is 18.1. The van der Waals surface area contributed by atoms with Crippen LogP contribution in [0, 0.1) is 6.92 Å². The molecule has 2 N–H and O–H groups in total. The van der Waals surface area contributed by atoms with Crippen LogP contribution in [0.2, 0.25) is 0 Å². The van der Waals surface area contributed by atoms with Crippen LogP contribution in [-0.2, 0) is 6.54 Å². The number of rotatable bonds is 2. The van der Waals surface area contributed by atoms with Gasteiger partial charge in [0.05, 0.1) is 25.0 Å². The van der Waals surface area contributed by atoms with Gasteiger partial charge in [-0.25, -0.2) is 0 Å². The minimum Gasteiger partial charge on any atom is -0.496 e. The Kier molecular flexibility index (Phi) is 2.37. The van der Waals surface area contributed by atoms with Crippen LogP contribution < -0.4 is 10.1 Å². The van der Waals surface area contributed by atoms with Gasteiger partial charge in [-0.15, -0.1) is 0 Å². The fourth-order valence-electron chi connectivity index (χ4n) is 2.47. The Hall–Kier alpha value is -1.81. The number of H-pyrrole nitrogens is 1. The maximum absolute atomic E-state index is 5.36. The highest BCUT2D eigenvalue weighted by Crippen LogP contribution is 2.34. The molecule has 0 saturated carbocycles. The van der Waals surface area contributed by atoms with Crippen molar-refractivity contribution in [3.8, 4) is 5.75 Å². The van der Waals surface area contributed by atoms with Crippen molar-refractivity contribution in [2.75, 3.05) is 7.11 Å². The number of nitrogens with zero attached hydrogens (tertiary/aromatic N) is 1. The van der Waals surface area contributed by atoms with E-state index < -0.39 is 0 Å². The molecule has 0 fully saturated rings. The summed E-state index contributed by atoms with van der Waals surface area (Å²) in [6.45, 7) is 2.94. The Labute approximate surface area is 100 Å². The summed E-state index contributed by atoms with van der Waals surface area (Å²) >= 11 is 0. The van der Waals surface area contributed by atoms with Gasteiger partial charge in [0.2, 0.25) is 0 Å². The SMILES string of the molecule is COc1cccc(C2NCc3[nH]ncc32)c1C. The molecule has 88 valence electrons. The minimum absolute atomic E-state index is 0.221. The van der Waals surface area contributed by atoms with E-state index in [2.05, 4.69) is 28.5 Å². The Morgan fingerprint density at radius 3 is 3.06 bits per heavy atom. The third-order valence-electron chi connectivity index (χ3n) is 3.40. The van der Waals surface area contributed by atoms with Crippen LogP contribution in [0.25, 0.3) is 0 Å². The molecule has 3 rings (SSSR count). The molecule has 2 aromatic rings. The minimum atomic E-state index is 0.221. The fraction of sp³-hybridized carbons (Fsp3) is 0.308. The van der Waals surface area contributed by atoms with Crippen LogP contribution in [0.5, 0.6) is 5.75 Å². The van der Waals surface area contributed by atoms with E-state index in [1.54, 1.807) is 7.11 Å². The quantitative estimate of drug-likeness (QED) is 0.827. The molecule has 1 aromatic heterocycles. The summed E-state index contributed by atoms with van der Waals surface area (Å²) in [5.74, 6) is 0.932. The Morgan fingerprint density at radius 1 is 1.35 bits per heavy atom. The second-order valence-electron chi connectivity index (χ2n) is 4.29. The zero-order chi connectivity index (χ0) is 11.8. The standard InChI is InChI=1S/C13H15N3O/c1-8-9(4-3-5-12(8)17-2)13-10-6-15-16-11(10)7-14-13/h3-6,13-14H,7H2,1-2H3,(H,15,16). The van der Waals surface area contributed by atoms with Gasteiger partial charge in [0.1, 0.15) is 5.75 Å². The maximum Gasteiger partial charge on any atom is 0.122 e. The number of hydrogen-bond donors (Lipinski definition) is 2. The van der Waals surface area contributed by atoms with Gasteiger partial charge in [0, 0.05) is 12.1 Å². The summed E-state index contributed by atoms with van der Waals surface area (Å²) in [6, 6.07) is 6.38. The number of fused-ring (bicyclic) bond motifs is 1. The highest BCUT2D eigenvalue weighted by Gasteiger charge is 2.26. The van der Waals surface area contributed by atoms with Gasteiger partial charge >= 0.3 is 0 Å². The van der Waals surface area contributed by atoms with Crippen LogP contribution in [-0.4, -0.2) is 17.3 Å². The van der Waals surface area contributed by atoms with Gasteiger partial charge in [-0.05, 0) is 24.1 Å². The number of aromatic nitrogens is 2. The van der Waals surface area contributed by atoms with Gasteiger partial charge in [0.25, 0.3) is 0 Å². The summed E-state index contributed by atoms with van der Waals surface area (Å²) in [6.07, 6.45) is 1.90. The summed E-state index contributed by atoms with van der Waals surface area (Å²) < 4.78 is 5.36. The zero-order valence-electron chi connectivity index (χ0n) is 9.95. The van der Waals surface area contributed by atoms with Crippen molar-refractivity contribution in [3.63, 3.8) is 0 Å². The second-order valence-corrected chi connectivity index (χ2v) is 4.29. The Morgan fingerprint density at radius 2 is 2.24 bits per heavy atom. The van der Waals surface area contributed by atoms with E-state index in [4.69, 9.17) is 4.74 Å². The largest absolute Gasteiger partial charge is 0.496 e. The van der Waals surface area contributed by atoms with Crippen molar-refractivity contribution in [2.45, 2.75) is 19.5 Å². The smallest absolute Gasteiger partial charge is 0.122 e. The second kappa shape index (κ2) is 3.89. The van der Waals surface area contributed by atoms with Crippen LogP contribution in [0.4, 0.5) is 0 Å². The van der Waals surface area contributed by atoms with Crippen molar-refractivity contribution in [3.05, 3.63) is 46.8 Å². The molecule has 2 heterocycles. The lowest BCUT2D eigenvalue weighted by Crippen LogP contribution is -2.15.